The van der Waals surface area contributed by atoms with Crippen molar-refractivity contribution in [3.05, 3.63) is 0 Å². The van der Waals surface area contributed by atoms with E-state index in [1.807, 2.05) is 0 Å². The maximum atomic E-state index is 2.52. The summed E-state index contributed by atoms with van der Waals surface area (Å²) in [7, 11) is 31.7. The fourth-order valence-electron chi connectivity index (χ4n) is 7.22. The molecule has 0 N–H and O–H groups in total. The molecule has 0 rings (SSSR count). The lowest BCUT2D eigenvalue weighted by Gasteiger charge is -2.58. The normalized spacial score (nSPS) is 11.4. The minimum atomic E-state index is -0.104. The lowest BCUT2D eigenvalue weighted by Crippen LogP contribution is -2.77. The van der Waals surface area contributed by atoms with Gasteiger partial charge in [0.2, 0.25) is 0 Å². The Kier molecular flexibility index (Phi) is 17.4. The maximum absolute atomic E-state index is 2.52. The van der Waals surface area contributed by atoms with Crippen LogP contribution in [-0.2, 0) is 0 Å². The van der Waals surface area contributed by atoms with Crippen LogP contribution in [0, 0.1) is 0 Å². The molecule has 0 aromatic rings. The van der Waals surface area contributed by atoms with Crippen LogP contribution in [0.5, 0.6) is 0 Å². The summed E-state index contributed by atoms with van der Waals surface area (Å²) in [6.07, 6.45) is 0. The van der Waals surface area contributed by atoms with E-state index in [-0.39, 0.29) is 15.0 Å². The number of rotatable bonds is 20. The summed E-state index contributed by atoms with van der Waals surface area (Å²) in [4.78, 5) is 0. The summed E-state index contributed by atoms with van der Waals surface area (Å²) in [6, 6.07) is 0. The van der Waals surface area contributed by atoms with Crippen molar-refractivity contribution < 1.29 is 0 Å². The molecular formula is C17H40B17. The van der Waals surface area contributed by atoms with Crippen LogP contribution in [0.2, 0.25) is 109 Å². The second kappa shape index (κ2) is 16.8. The van der Waals surface area contributed by atoms with Crippen LogP contribution in [0.15, 0.2) is 0 Å². The smallest absolute Gasteiger partial charge is 0.0915 e. The van der Waals surface area contributed by atoms with Gasteiger partial charge in [-0.1, -0.05) is 88.7 Å². The highest BCUT2D eigenvalue weighted by Gasteiger charge is 2.58. The summed E-state index contributed by atoms with van der Waals surface area (Å²) in [5, 5.41) is -0.273. The Morgan fingerprint density at radius 1 is 0.441 bits per heavy atom. The number of hydrogen-bond acceptors (Lipinski definition) is 0. The van der Waals surface area contributed by atoms with Gasteiger partial charge in [0.25, 0.3) is 0 Å². The molecule has 0 heterocycles. The van der Waals surface area contributed by atoms with E-state index in [2.05, 4.69) is 183 Å². The van der Waals surface area contributed by atoms with E-state index in [0.29, 0.717) is 31.7 Å². The van der Waals surface area contributed by atoms with Crippen molar-refractivity contribution in [2.24, 2.45) is 0 Å². The molecule has 0 bridgehead atoms. The Balaban J connectivity index is 7.56. The monoisotopic (exact) mass is 431 g/mol. The van der Waals surface area contributed by atoms with Crippen molar-refractivity contribution in [2.45, 2.75) is 109 Å². The quantitative estimate of drug-likeness (QED) is 0.261. The first kappa shape index (κ1) is 35.1. The van der Waals surface area contributed by atoms with Gasteiger partial charge in [-0.15, -0.1) is 20.7 Å². The molecule has 13 radical (unpaired) electrons. The molecule has 0 aromatic heterocycles. The van der Waals surface area contributed by atoms with Crippen molar-refractivity contribution in [3.8, 4) is 0 Å². The van der Waals surface area contributed by atoms with Crippen molar-refractivity contribution >= 4 is 120 Å². The Bertz CT molecular complexity index is 476. The average molecular weight is 428 g/mol. The van der Waals surface area contributed by atoms with E-state index < -0.39 is 0 Å². The van der Waals surface area contributed by atoms with Crippen molar-refractivity contribution in [1.29, 1.82) is 0 Å². The van der Waals surface area contributed by atoms with Crippen LogP contribution in [0.4, 0.5) is 0 Å². The Morgan fingerprint density at radius 3 is 0.941 bits per heavy atom. The zero-order valence-electron chi connectivity index (χ0n) is 24.9. The maximum Gasteiger partial charge on any atom is 0.0915 e. The van der Waals surface area contributed by atoms with E-state index in [1.165, 1.54) is 0 Å². The molecule has 0 unspecified atom stereocenters. The van der Waals surface area contributed by atoms with Crippen LogP contribution in [0.25, 0.3) is 0 Å². The molecule has 0 spiro atoms. The molecule has 0 saturated heterocycles. The van der Waals surface area contributed by atoms with Crippen molar-refractivity contribution in [2.75, 3.05) is 0 Å². The Hall–Kier alpha value is 1.10. The first-order chi connectivity index (χ1) is 16.2. The summed E-state index contributed by atoms with van der Waals surface area (Å²) in [6.45, 7) is 30.6. The highest BCUT2D eigenvalue weighted by molar-refractivity contribution is 7.78. The summed E-state index contributed by atoms with van der Waals surface area (Å²) in [5.41, 5.74) is 0.405. The lowest BCUT2D eigenvalue weighted by atomic mass is 8.57. The minimum absolute atomic E-state index is 0.0848. The molecule has 0 nitrogen and oxygen atoms in total. The topological polar surface area (TPSA) is 0 Å². The van der Waals surface area contributed by atoms with Gasteiger partial charge >= 0.3 is 0 Å². The molecule has 0 amide bonds. The zero-order valence-corrected chi connectivity index (χ0v) is 24.9. The van der Waals surface area contributed by atoms with Gasteiger partial charge in [0, 0.05) is 19.5 Å². The predicted octanol–water partition coefficient (Wildman–Crippen LogP) is 2.10. The van der Waals surface area contributed by atoms with Crippen LogP contribution in [0.1, 0.15) is 0 Å². The third kappa shape index (κ3) is 6.75. The highest BCUT2D eigenvalue weighted by atomic mass is 13.9. The standard InChI is InChI=1S/C17H40B17/c1-18-14(19-2)31(28-11)17(26-9,27-10)34(32(29-12)15(20-3,21-4)22-5)33(30-13)16(23-6,24-7)25-8/h14H,1-13H3. The minimum Gasteiger partial charge on any atom is -0.145 e. The zero-order chi connectivity index (χ0) is 26.6. The van der Waals surface area contributed by atoms with Crippen LogP contribution < -0.4 is 0 Å². The first-order valence-electron chi connectivity index (χ1n) is 13.6. The highest BCUT2D eigenvalue weighted by Crippen LogP contribution is 2.45. The molecule has 0 aliphatic heterocycles. The molecular weight excluding hydrogens is 388 g/mol. The van der Waals surface area contributed by atoms with Crippen LogP contribution in [-0.4, -0.2) is 120 Å². The Labute approximate surface area is 229 Å². The fourth-order valence-corrected chi connectivity index (χ4v) is 7.22. The molecule has 0 saturated carbocycles. The average Bonchev–Trinajstić information content (AvgIpc) is 2.89. The van der Waals surface area contributed by atoms with Gasteiger partial charge in [-0.2, -0.15) is 0 Å². The van der Waals surface area contributed by atoms with Gasteiger partial charge < -0.3 is 0 Å². The van der Waals surface area contributed by atoms with Gasteiger partial charge in [-0.3, -0.25) is 0 Å². The van der Waals surface area contributed by atoms with Gasteiger partial charge in [-0.05, 0) is 0 Å². The number of hydrogen-bond donors (Lipinski definition) is 0. The predicted molar refractivity (Wildman–Crippen MR) is 186 cm³/mol. The Morgan fingerprint density at radius 2 is 0.765 bits per heavy atom. The first-order valence-corrected chi connectivity index (χ1v) is 13.6. The third-order valence-corrected chi connectivity index (χ3v) is 9.35. The second-order valence-electron chi connectivity index (χ2n) is 9.66. The van der Waals surface area contributed by atoms with Crippen molar-refractivity contribution in [1.82, 2.24) is 0 Å². The SMILES string of the molecule is C[B]B(B(B([B]C)C([B]C)([B]C)[B]C)C([B]C)([B]C)B([B]C)C([B]C)[B]C)C([B]C)([B]C)[B]C. The summed E-state index contributed by atoms with van der Waals surface area (Å²) >= 11 is 0. The van der Waals surface area contributed by atoms with Gasteiger partial charge in [0.05, 0.1) is 101 Å². The third-order valence-electron chi connectivity index (χ3n) is 9.35. The van der Waals surface area contributed by atoms with E-state index in [4.69, 9.17) is 0 Å². The molecule has 0 aliphatic carbocycles. The molecule has 34 heavy (non-hydrogen) atoms. The molecule has 0 aromatic carbocycles. The van der Waals surface area contributed by atoms with Gasteiger partial charge in [-0.25, -0.2) is 0 Å². The second-order valence-corrected chi connectivity index (χ2v) is 9.66. The summed E-state index contributed by atoms with van der Waals surface area (Å²) in [5.74, 6) is 0. The molecule has 17 heteroatoms. The van der Waals surface area contributed by atoms with E-state index in [9.17, 15) is 0 Å². The molecule has 0 aliphatic rings. The molecule has 159 valence electrons. The van der Waals surface area contributed by atoms with Gasteiger partial charge in [0.15, 0.2) is 0 Å². The lowest BCUT2D eigenvalue weighted by molar-refractivity contribution is 1.43. The van der Waals surface area contributed by atoms with E-state index in [1.54, 1.807) is 0 Å². The molecule has 0 fully saturated rings. The van der Waals surface area contributed by atoms with Crippen molar-refractivity contribution in [3.63, 3.8) is 0 Å². The van der Waals surface area contributed by atoms with E-state index >= 15 is 0 Å². The largest absolute Gasteiger partial charge is 0.145 e. The molecule has 0 atom stereocenters. The van der Waals surface area contributed by atoms with Crippen LogP contribution >= 0.6 is 0 Å². The summed E-state index contributed by atoms with van der Waals surface area (Å²) < 4.78 is 0. The van der Waals surface area contributed by atoms with Crippen LogP contribution in [0.3, 0.4) is 0 Å². The fraction of sp³-hybridized carbons (Fsp3) is 1.00. The van der Waals surface area contributed by atoms with Gasteiger partial charge in [0.1, 0.15) is 0 Å². The van der Waals surface area contributed by atoms with E-state index in [0.717, 1.165) is 0 Å².